The SMILES string of the molecule is C=C1C(=O)[C@@]23[C@@H]4OC(C)(C)O[C@@]25OC[C@]2(C6=C(CC[C@H](OCC)O6)CC(C)(C)[C@H]2[C@@H]5O)[C@@H]3CC[C@@H]14. The van der Waals surface area contributed by atoms with E-state index in [2.05, 4.69) is 20.4 Å². The summed E-state index contributed by atoms with van der Waals surface area (Å²) in [6.07, 6.45) is 2.44. The van der Waals surface area contributed by atoms with Gasteiger partial charge >= 0.3 is 0 Å². The van der Waals surface area contributed by atoms with E-state index in [0.29, 0.717) is 18.8 Å². The van der Waals surface area contributed by atoms with Gasteiger partial charge in [-0.3, -0.25) is 4.79 Å². The predicted octanol–water partition coefficient (Wildman–Crippen LogP) is 3.85. The van der Waals surface area contributed by atoms with Crippen LogP contribution in [0.3, 0.4) is 0 Å². The summed E-state index contributed by atoms with van der Waals surface area (Å²) >= 11 is 0. The number of carbonyl (C=O) groups is 1. The molecule has 8 aliphatic rings. The van der Waals surface area contributed by atoms with Crippen LogP contribution in [0.5, 0.6) is 0 Å². The number of carbonyl (C=O) groups excluding carboxylic acids is 1. The number of ketones is 1. The van der Waals surface area contributed by atoms with E-state index >= 15 is 0 Å². The molecule has 9 atom stereocenters. The van der Waals surface area contributed by atoms with Crippen molar-refractivity contribution in [1.82, 2.24) is 0 Å². The van der Waals surface area contributed by atoms with Gasteiger partial charge in [0.2, 0.25) is 5.79 Å². The topological polar surface area (TPSA) is 83.5 Å². The van der Waals surface area contributed by atoms with Crippen LogP contribution >= 0.6 is 0 Å². The summed E-state index contributed by atoms with van der Waals surface area (Å²) in [6, 6.07) is 0. The summed E-state index contributed by atoms with van der Waals surface area (Å²) in [4.78, 5) is 14.3. The van der Waals surface area contributed by atoms with E-state index in [-0.39, 0.29) is 35.2 Å². The quantitative estimate of drug-likeness (QED) is 0.594. The third kappa shape index (κ3) is 2.31. The zero-order chi connectivity index (χ0) is 24.8. The summed E-state index contributed by atoms with van der Waals surface area (Å²) < 4.78 is 32.6. The number of fused-ring (bicyclic) bond motifs is 1. The molecular formula is C28H38O7. The van der Waals surface area contributed by atoms with Gasteiger partial charge in [-0.15, -0.1) is 0 Å². The molecule has 0 aromatic carbocycles. The van der Waals surface area contributed by atoms with Crippen molar-refractivity contribution in [1.29, 1.82) is 0 Å². The van der Waals surface area contributed by atoms with Crippen LogP contribution in [-0.2, 0) is 28.5 Å². The van der Waals surface area contributed by atoms with E-state index in [9.17, 15) is 9.90 Å². The molecule has 192 valence electrons. The fourth-order valence-corrected chi connectivity index (χ4v) is 9.95. The summed E-state index contributed by atoms with van der Waals surface area (Å²) in [7, 11) is 0. The number of aliphatic hydroxyl groups is 1. The standard InChI is InChI=1S/C28H38O7/c1-7-31-18-11-8-15-12-24(3,4)19-21(30)28-27-17(26(19,13-32-28)22(15)33-18)10-9-16(14(2)20(27)29)23(27)34-25(5,6)35-28/h16-19,21,23,30H,2,7-13H2,1,3-6H3/t16-,17-,18+,19+,21-,23+,26-,27-,28+/m0/s1. The molecule has 0 unspecified atom stereocenters. The number of hydrogen-bond acceptors (Lipinski definition) is 7. The molecule has 0 aromatic rings. The van der Waals surface area contributed by atoms with Crippen LogP contribution in [0, 0.1) is 34.0 Å². The lowest BCUT2D eigenvalue weighted by molar-refractivity contribution is -0.527. The second-order valence-electron chi connectivity index (χ2n) is 13.1. The van der Waals surface area contributed by atoms with Gasteiger partial charge in [0.15, 0.2) is 17.9 Å². The third-order valence-corrected chi connectivity index (χ3v) is 10.6. The highest BCUT2D eigenvalue weighted by Gasteiger charge is 2.90. The number of ether oxygens (including phenoxy) is 5. The van der Waals surface area contributed by atoms with Gasteiger partial charge in [-0.25, -0.2) is 0 Å². The number of aliphatic hydroxyl groups excluding tert-OH is 1. The molecule has 4 aliphatic carbocycles. The molecule has 0 amide bonds. The fraction of sp³-hybridized carbons (Fsp3) is 0.821. The third-order valence-electron chi connectivity index (χ3n) is 10.6. The molecule has 4 bridgehead atoms. The average Bonchev–Trinajstić information content (AvgIpc) is 2.90. The van der Waals surface area contributed by atoms with Gasteiger partial charge in [-0.05, 0) is 68.9 Å². The highest BCUT2D eigenvalue weighted by molar-refractivity contribution is 6.05. The summed E-state index contributed by atoms with van der Waals surface area (Å²) in [5.74, 6) is -2.01. The van der Waals surface area contributed by atoms with Crippen molar-refractivity contribution in [3.05, 3.63) is 23.5 Å². The molecule has 3 spiro atoms. The summed E-state index contributed by atoms with van der Waals surface area (Å²) in [5.41, 5.74) is -0.134. The number of Topliss-reactive ketones (excluding diaryl/α,β-unsaturated/α-hetero) is 1. The van der Waals surface area contributed by atoms with Gasteiger partial charge in [0.1, 0.15) is 17.3 Å². The van der Waals surface area contributed by atoms with Crippen molar-refractivity contribution >= 4 is 5.78 Å². The number of rotatable bonds is 2. The molecule has 7 nitrogen and oxygen atoms in total. The second-order valence-corrected chi connectivity index (χ2v) is 13.1. The first-order valence-corrected chi connectivity index (χ1v) is 13.4. The Balaban J connectivity index is 1.51. The maximum Gasteiger partial charge on any atom is 0.213 e. The smallest absolute Gasteiger partial charge is 0.213 e. The van der Waals surface area contributed by atoms with Crippen LogP contribution in [0.25, 0.3) is 0 Å². The Kier molecular flexibility index (Phi) is 4.32. The molecule has 1 N–H and O–H groups in total. The zero-order valence-corrected chi connectivity index (χ0v) is 21.5. The van der Waals surface area contributed by atoms with Gasteiger partial charge < -0.3 is 28.8 Å². The van der Waals surface area contributed by atoms with E-state index in [4.69, 9.17) is 23.7 Å². The van der Waals surface area contributed by atoms with Crippen LogP contribution in [-0.4, -0.2) is 54.2 Å². The predicted molar refractivity (Wildman–Crippen MR) is 125 cm³/mol. The molecule has 35 heavy (non-hydrogen) atoms. The number of hydrogen-bond donors (Lipinski definition) is 1. The van der Waals surface area contributed by atoms with E-state index in [1.807, 2.05) is 20.8 Å². The molecule has 4 aliphatic heterocycles. The van der Waals surface area contributed by atoms with Gasteiger partial charge in [0.05, 0.1) is 18.1 Å². The lowest BCUT2D eigenvalue weighted by Gasteiger charge is -2.77. The lowest BCUT2D eigenvalue weighted by atomic mass is 9.36. The zero-order valence-electron chi connectivity index (χ0n) is 21.5. The normalized spacial score (nSPS) is 52.5. The van der Waals surface area contributed by atoms with Crippen LogP contribution in [0.2, 0.25) is 0 Å². The molecular weight excluding hydrogens is 448 g/mol. The Morgan fingerprint density at radius 3 is 2.69 bits per heavy atom. The van der Waals surface area contributed by atoms with E-state index in [1.165, 1.54) is 5.57 Å². The molecule has 8 rings (SSSR count). The molecule has 4 heterocycles. The van der Waals surface area contributed by atoms with Crippen molar-refractivity contribution in [3.63, 3.8) is 0 Å². The van der Waals surface area contributed by atoms with Crippen molar-refractivity contribution < 1.29 is 33.6 Å². The van der Waals surface area contributed by atoms with Crippen molar-refractivity contribution in [2.45, 2.75) is 96.8 Å². The van der Waals surface area contributed by atoms with E-state index < -0.39 is 34.6 Å². The minimum Gasteiger partial charge on any atom is -0.469 e. The Bertz CT molecular complexity index is 1060. The first kappa shape index (κ1) is 22.9. The maximum absolute atomic E-state index is 14.3. The monoisotopic (exact) mass is 486 g/mol. The van der Waals surface area contributed by atoms with Crippen molar-refractivity contribution in [3.8, 4) is 0 Å². The second kappa shape index (κ2) is 6.60. The Morgan fingerprint density at radius 2 is 1.94 bits per heavy atom. The van der Waals surface area contributed by atoms with Gasteiger partial charge in [0.25, 0.3) is 0 Å². The maximum atomic E-state index is 14.3. The van der Waals surface area contributed by atoms with E-state index in [0.717, 1.165) is 37.9 Å². The molecule has 3 saturated carbocycles. The molecule has 0 aromatic heterocycles. The molecule has 3 saturated heterocycles. The van der Waals surface area contributed by atoms with Crippen molar-refractivity contribution in [2.75, 3.05) is 13.2 Å². The first-order valence-electron chi connectivity index (χ1n) is 13.4. The van der Waals surface area contributed by atoms with Gasteiger partial charge in [-0.1, -0.05) is 20.4 Å². The first-order chi connectivity index (χ1) is 16.5. The van der Waals surface area contributed by atoms with Crippen LogP contribution < -0.4 is 0 Å². The highest BCUT2D eigenvalue weighted by Crippen LogP contribution is 2.80. The Morgan fingerprint density at radius 1 is 1.17 bits per heavy atom. The summed E-state index contributed by atoms with van der Waals surface area (Å²) in [5, 5.41) is 12.4. The van der Waals surface area contributed by atoms with Crippen LogP contribution in [0.15, 0.2) is 23.5 Å². The van der Waals surface area contributed by atoms with Crippen LogP contribution in [0.4, 0.5) is 0 Å². The molecule has 0 radical (unpaired) electrons. The Hall–Kier alpha value is -1.25. The van der Waals surface area contributed by atoms with Gasteiger partial charge in [-0.2, -0.15) is 0 Å². The lowest BCUT2D eigenvalue weighted by Crippen LogP contribution is -2.87. The van der Waals surface area contributed by atoms with Crippen LogP contribution in [0.1, 0.15) is 66.7 Å². The number of allylic oxidation sites excluding steroid dienone is 1. The fourth-order valence-electron chi connectivity index (χ4n) is 9.95. The highest BCUT2D eigenvalue weighted by atomic mass is 16.8. The van der Waals surface area contributed by atoms with E-state index in [1.54, 1.807) is 0 Å². The van der Waals surface area contributed by atoms with Crippen molar-refractivity contribution in [2.24, 2.45) is 34.0 Å². The minimum atomic E-state index is -1.46. The largest absolute Gasteiger partial charge is 0.469 e. The summed E-state index contributed by atoms with van der Waals surface area (Å²) in [6.45, 7) is 15.4. The molecule has 7 heteroatoms. The Labute approximate surface area is 207 Å². The molecule has 6 fully saturated rings. The average molecular weight is 487 g/mol. The van der Waals surface area contributed by atoms with Gasteiger partial charge in [0, 0.05) is 24.9 Å². The minimum absolute atomic E-state index is 0.0511.